The number of fused-ring (bicyclic) bond motifs is 1. The van der Waals surface area contributed by atoms with E-state index >= 15 is 0 Å². The summed E-state index contributed by atoms with van der Waals surface area (Å²) in [5, 5.41) is 8.95. The number of nitrogens with zero attached hydrogens (tertiary/aromatic N) is 1. The van der Waals surface area contributed by atoms with Gasteiger partial charge in [0.25, 0.3) is 5.91 Å². The largest absolute Gasteiger partial charge is 0.477 e. The fourth-order valence-electron chi connectivity index (χ4n) is 2.60. The first-order chi connectivity index (χ1) is 10.1. The first-order valence-corrected chi connectivity index (χ1v) is 7.66. The SMILES string of the molecule is O=C(O)c1ccc(C(=O)N2CCCc3ccccc3C2)s1. The van der Waals surface area contributed by atoms with Crippen LogP contribution in [0.25, 0.3) is 0 Å². The second-order valence-electron chi connectivity index (χ2n) is 5.07. The maximum absolute atomic E-state index is 12.5. The molecule has 0 fully saturated rings. The molecular weight excluding hydrogens is 286 g/mol. The number of rotatable bonds is 2. The first kappa shape index (κ1) is 13.8. The van der Waals surface area contributed by atoms with Crippen LogP contribution in [0.1, 0.15) is 36.9 Å². The number of carboxylic acid groups (broad SMARTS) is 1. The van der Waals surface area contributed by atoms with Crippen molar-refractivity contribution in [2.24, 2.45) is 0 Å². The summed E-state index contributed by atoms with van der Waals surface area (Å²) in [6.45, 7) is 1.29. The van der Waals surface area contributed by atoms with Gasteiger partial charge in [-0.05, 0) is 36.1 Å². The van der Waals surface area contributed by atoms with Gasteiger partial charge in [0.2, 0.25) is 0 Å². The maximum Gasteiger partial charge on any atom is 0.345 e. The summed E-state index contributed by atoms with van der Waals surface area (Å²) in [5.74, 6) is -1.07. The Morgan fingerprint density at radius 1 is 1.05 bits per heavy atom. The van der Waals surface area contributed by atoms with Crippen molar-refractivity contribution in [2.45, 2.75) is 19.4 Å². The van der Waals surface area contributed by atoms with Crippen LogP contribution in [0.15, 0.2) is 36.4 Å². The predicted molar refractivity (Wildman–Crippen MR) is 80.8 cm³/mol. The van der Waals surface area contributed by atoms with Gasteiger partial charge in [0, 0.05) is 13.1 Å². The number of carbonyl (C=O) groups is 2. The van der Waals surface area contributed by atoms with Crippen LogP contribution in [-0.2, 0) is 13.0 Å². The van der Waals surface area contributed by atoms with Gasteiger partial charge in [-0.2, -0.15) is 0 Å². The third kappa shape index (κ3) is 2.83. The Balaban J connectivity index is 1.83. The van der Waals surface area contributed by atoms with Crippen molar-refractivity contribution >= 4 is 23.2 Å². The van der Waals surface area contributed by atoms with E-state index in [4.69, 9.17) is 5.11 Å². The van der Waals surface area contributed by atoms with Crippen LogP contribution in [0.3, 0.4) is 0 Å². The number of amides is 1. The van der Waals surface area contributed by atoms with E-state index < -0.39 is 5.97 Å². The molecule has 0 aliphatic carbocycles. The van der Waals surface area contributed by atoms with E-state index in [9.17, 15) is 9.59 Å². The smallest absolute Gasteiger partial charge is 0.345 e. The Morgan fingerprint density at radius 3 is 2.48 bits per heavy atom. The first-order valence-electron chi connectivity index (χ1n) is 6.84. The van der Waals surface area contributed by atoms with Gasteiger partial charge in [-0.3, -0.25) is 4.79 Å². The molecule has 21 heavy (non-hydrogen) atoms. The molecule has 1 N–H and O–H groups in total. The van der Waals surface area contributed by atoms with Crippen molar-refractivity contribution in [1.82, 2.24) is 4.90 Å². The lowest BCUT2D eigenvalue weighted by atomic mass is 10.0. The Kier molecular flexibility index (Phi) is 3.75. The van der Waals surface area contributed by atoms with Gasteiger partial charge in [-0.15, -0.1) is 11.3 Å². The van der Waals surface area contributed by atoms with E-state index in [1.54, 1.807) is 6.07 Å². The summed E-state index contributed by atoms with van der Waals surface area (Å²) in [4.78, 5) is 26.0. The average Bonchev–Trinajstić information content (AvgIpc) is 2.87. The standard InChI is InChI=1S/C16H15NO3S/c18-15(13-7-8-14(21-13)16(19)20)17-9-3-6-11-4-1-2-5-12(11)10-17/h1-2,4-5,7-8H,3,6,9-10H2,(H,19,20). The number of aryl methyl sites for hydroxylation is 1. The summed E-state index contributed by atoms with van der Waals surface area (Å²) in [5.41, 5.74) is 2.48. The molecule has 2 heterocycles. The number of benzene rings is 1. The summed E-state index contributed by atoms with van der Waals surface area (Å²) in [6.07, 6.45) is 1.91. The van der Waals surface area contributed by atoms with Crippen LogP contribution in [-0.4, -0.2) is 28.4 Å². The minimum absolute atomic E-state index is 0.0794. The van der Waals surface area contributed by atoms with Gasteiger partial charge in [-0.25, -0.2) is 4.79 Å². The van der Waals surface area contributed by atoms with E-state index in [1.807, 2.05) is 17.0 Å². The van der Waals surface area contributed by atoms with Gasteiger partial charge in [0.1, 0.15) is 4.88 Å². The third-order valence-corrected chi connectivity index (χ3v) is 4.73. The van der Waals surface area contributed by atoms with Gasteiger partial charge in [-0.1, -0.05) is 24.3 Å². The molecule has 3 rings (SSSR count). The van der Waals surface area contributed by atoms with Crippen LogP contribution in [0, 0.1) is 0 Å². The van der Waals surface area contributed by atoms with Crippen LogP contribution in [0.5, 0.6) is 0 Å². The number of aromatic carboxylic acids is 1. The van der Waals surface area contributed by atoms with Gasteiger partial charge >= 0.3 is 5.97 Å². The highest BCUT2D eigenvalue weighted by atomic mass is 32.1. The van der Waals surface area contributed by atoms with Crippen LogP contribution >= 0.6 is 11.3 Å². The quantitative estimate of drug-likeness (QED) is 0.927. The lowest BCUT2D eigenvalue weighted by Crippen LogP contribution is -2.30. The zero-order valence-corrected chi connectivity index (χ0v) is 12.2. The molecule has 0 radical (unpaired) electrons. The molecule has 108 valence electrons. The molecule has 4 nitrogen and oxygen atoms in total. The van der Waals surface area contributed by atoms with Crippen molar-refractivity contribution in [1.29, 1.82) is 0 Å². The third-order valence-electron chi connectivity index (χ3n) is 3.67. The molecule has 0 bridgehead atoms. The molecule has 0 atom stereocenters. The Morgan fingerprint density at radius 2 is 1.76 bits per heavy atom. The highest BCUT2D eigenvalue weighted by Gasteiger charge is 2.22. The van der Waals surface area contributed by atoms with Crippen LogP contribution < -0.4 is 0 Å². The lowest BCUT2D eigenvalue weighted by molar-refractivity contribution is 0.0701. The van der Waals surface area contributed by atoms with E-state index in [0.717, 1.165) is 24.2 Å². The minimum Gasteiger partial charge on any atom is -0.477 e. The summed E-state index contributed by atoms with van der Waals surface area (Å²) >= 11 is 1.04. The fraction of sp³-hybridized carbons (Fsp3) is 0.250. The number of carbonyl (C=O) groups excluding carboxylic acids is 1. The topological polar surface area (TPSA) is 57.6 Å². The van der Waals surface area contributed by atoms with E-state index in [1.165, 1.54) is 17.2 Å². The number of hydrogen-bond acceptors (Lipinski definition) is 3. The highest BCUT2D eigenvalue weighted by molar-refractivity contribution is 7.15. The molecule has 1 aliphatic rings. The van der Waals surface area contributed by atoms with Crippen molar-refractivity contribution in [3.05, 3.63) is 57.3 Å². The average molecular weight is 301 g/mol. The van der Waals surface area contributed by atoms with Crippen molar-refractivity contribution < 1.29 is 14.7 Å². The molecule has 1 aromatic carbocycles. The molecule has 0 unspecified atom stereocenters. The molecule has 1 aromatic heterocycles. The van der Waals surface area contributed by atoms with Crippen molar-refractivity contribution in [2.75, 3.05) is 6.54 Å². The second kappa shape index (κ2) is 5.69. The Hall–Kier alpha value is -2.14. The van der Waals surface area contributed by atoms with Gasteiger partial charge < -0.3 is 10.0 Å². The maximum atomic E-state index is 12.5. The number of carboxylic acids is 1. The highest BCUT2D eigenvalue weighted by Crippen LogP contribution is 2.23. The molecular formula is C16H15NO3S. The number of hydrogen-bond donors (Lipinski definition) is 1. The fourth-order valence-corrected chi connectivity index (χ4v) is 3.41. The normalized spacial score (nSPS) is 14.4. The molecule has 0 spiro atoms. The zero-order chi connectivity index (χ0) is 14.8. The predicted octanol–water partition coefficient (Wildman–Crippen LogP) is 3.03. The molecule has 0 saturated carbocycles. The van der Waals surface area contributed by atoms with Crippen molar-refractivity contribution in [3.8, 4) is 0 Å². The lowest BCUT2D eigenvalue weighted by Gasteiger charge is -2.20. The van der Waals surface area contributed by atoms with Crippen molar-refractivity contribution in [3.63, 3.8) is 0 Å². The second-order valence-corrected chi connectivity index (χ2v) is 6.15. The monoisotopic (exact) mass is 301 g/mol. The van der Waals surface area contributed by atoms with Crippen LogP contribution in [0.4, 0.5) is 0 Å². The summed E-state index contributed by atoms with van der Waals surface area (Å²) in [6, 6.07) is 11.3. The van der Waals surface area contributed by atoms with Crippen LogP contribution in [0.2, 0.25) is 0 Å². The molecule has 0 saturated heterocycles. The number of thiophene rings is 1. The summed E-state index contributed by atoms with van der Waals surface area (Å²) in [7, 11) is 0. The van der Waals surface area contributed by atoms with Gasteiger partial charge in [0.05, 0.1) is 4.88 Å². The Bertz CT molecular complexity index is 692. The summed E-state index contributed by atoms with van der Waals surface area (Å²) < 4.78 is 0. The van der Waals surface area contributed by atoms with E-state index in [0.29, 0.717) is 18.0 Å². The van der Waals surface area contributed by atoms with E-state index in [-0.39, 0.29) is 10.8 Å². The van der Waals surface area contributed by atoms with E-state index in [2.05, 4.69) is 12.1 Å². The van der Waals surface area contributed by atoms with Gasteiger partial charge in [0.15, 0.2) is 0 Å². The molecule has 2 aromatic rings. The minimum atomic E-state index is -0.986. The molecule has 5 heteroatoms. The molecule has 1 amide bonds. The zero-order valence-electron chi connectivity index (χ0n) is 11.4. The molecule has 1 aliphatic heterocycles. The Labute approximate surface area is 126 Å².